The number of benzene rings is 1. The summed E-state index contributed by atoms with van der Waals surface area (Å²) in [6.45, 7) is 0. The number of para-hydroxylation sites is 1. The van der Waals surface area contributed by atoms with Gasteiger partial charge in [0.15, 0.2) is 17.4 Å². The number of hydrogen-bond acceptors (Lipinski definition) is 3. The first-order chi connectivity index (χ1) is 11.1. The van der Waals surface area contributed by atoms with Crippen LogP contribution in [-0.4, -0.2) is 18.1 Å². The lowest BCUT2D eigenvalue weighted by Crippen LogP contribution is -2.25. The second-order valence-corrected chi connectivity index (χ2v) is 5.24. The highest BCUT2D eigenvalue weighted by atomic mass is 19.1. The molecule has 1 fully saturated rings. The van der Waals surface area contributed by atoms with Crippen LogP contribution < -0.4 is 15.4 Å². The Bertz CT molecular complexity index is 728. The molecule has 0 aliphatic heterocycles. The van der Waals surface area contributed by atoms with Gasteiger partial charge >= 0.3 is 6.03 Å². The monoisotopic (exact) mass is 319 g/mol. The van der Waals surface area contributed by atoms with Crippen molar-refractivity contribution in [1.29, 1.82) is 0 Å². The smallest absolute Gasteiger partial charge is 0.320 e. The molecule has 120 valence electrons. The molecule has 1 aromatic heterocycles. The van der Waals surface area contributed by atoms with Crippen molar-refractivity contribution >= 4 is 11.8 Å². The van der Waals surface area contributed by atoms with Gasteiger partial charge in [0, 0.05) is 24.9 Å². The maximum Gasteiger partial charge on any atom is 0.320 e. The summed E-state index contributed by atoms with van der Waals surface area (Å²) in [5.41, 5.74) is 0.773. The van der Waals surface area contributed by atoms with Gasteiger partial charge in [-0.05, 0) is 30.9 Å². The third kappa shape index (κ3) is 3.39. The minimum Gasteiger partial charge on any atom is -0.451 e. The van der Waals surface area contributed by atoms with Gasteiger partial charge in [0.2, 0.25) is 0 Å². The van der Waals surface area contributed by atoms with Gasteiger partial charge < -0.3 is 10.1 Å². The first kappa shape index (κ1) is 15.2. The molecule has 23 heavy (non-hydrogen) atoms. The molecule has 0 atom stereocenters. The Morgan fingerprint density at radius 1 is 1.30 bits per heavy atom. The molecule has 1 aliphatic carbocycles. The topological polar surface area (TPSA) is 63.2 Å². The van der Waals surface area contributed by atoms with Crippen molar-refractivity contribution in [3.8, 4) is 11.5 Å². The summed E-state index contributed by atoms with van der Waals surface area (Å²) in [5.74, 6) is -1.25. The first-order valence-electron chi connectivity index (χ1n) is 7.19. The zero-order valence-corrected chi connectivity index (χ0v) is 12.4. The van der Waals surface area contributed by atoms with Crippen LogP contribution in [0, 0.1) is 11.6 Å². The van der Waals surface area contributed by atoms with Gasteiger partial charge in [-0.1, -0.05) is 6.07 Å². The Labute approximate surface area is 131 Å². The van der Waals surface area contributed by atoms with Gasteiger partial charge in [0.05, 0.1) is 0 Å². The quantitative estimate of drug-likeness (QED) is 0.901. The molecule has 0 saturated heterocycles. The predicted molar refractivity (Wildman–Crippen MR) is 80.7 cm³/mol. The standard InChI is InChI=1S/C16H15F2N3O2/c1-19-16(22)21-14-7-13(10(8-20-14)9-5-6-9)23-15-11(17)3-2-4-12(15)18/h2-4,7-9H,5-6H2,1H3,(H2,19,20,21,22). The molecular formula is C16H15F2N3O2. The summed E-state index contributed by atoms with van der Waals surface area (Å²) in [7, 11) is 1.47. The summed E-state index contributed by atoms with van der Waals surface area (Å²) in [5, 5.41) is 4.90. The number of amides is 2. The summed E-state index contributed by atoms with van der Waals surface area (Å²) < 4.78 is 33.0. The number of ether oxygens (including phenoxy) is 1. The summed E-state index contributed by atoms with van der Waals surface area (Å²) in [6.07, 6.45) is 3.51. The maximum atomic E-state index is 13.8. The zero-order chi connectivity index (χ0) is 16.4. The highest BCUT2D eigenvalue weighted by molar-refractivity contribution is 5.88. The third-order valence-electron chi connectivity index (χ3n) is 3.51. The van der Waals surface area contributed by atoms with Crippen LogP contribution in [0.4, 0.5) is 19.4 Å². The highest BCUT2D eigenvalue weighted by Crippen LogP contribution is 2.45. The van der Waals surface area contributed by atoms with E-state index in [2.05, 4.69) is 15.6 Å². The fraction of sp³-hybridized carbons (Fsp3) is 0.250. The molecule has 0 unspecified atom stereocenters. The Morgan fingerprint density at radius 3 is 2.61 bits per heavy atom. The van der Waals surface area contributed by atoms with Gasteiger partial charge in [-0.25, -0.2) is 18.6 Å². The number of nitrogens with one attached hydrogen (secondary N) is 2. The van der Waals surface area contributed by atoms with Gasteiger partial charge in [-0.15, -0.1) is 0 Å². The van der Waals surface area contributed by atoms with Gasteiger partial charge in [0.1, 0.15) is 11.6 Å². The number of nitrogens with zero attached hydrogens (tertiary/aromatic N) is 1. The number of anilines is 1. The number of hydrogen-bond donors (Lipinski definition) is 2. The average molecular weight is 319 g/mol. The van der Waals surface area contributed by atoms with Crippen molar-refractivity contribution in [2.75, 3.05) is 12.4 Å². The Kier molecular flexibility index (Phi) is 4.10. The van der Waals surface area contributed by atoms with Crippen molar-refractivity contribution in [1.82, 2.24) is 10.3 Å². The number of pyridine rings is 1. The molecule has 0 spiro atoms. The minimum absolute atomic E-state index is 0.237. The molecule has 0 bridgehead atoms. The molecule has 3 rings (SSSR count). The van der Waals surface area contributed by atoms with E-state index in [1.807, 2.05) is 0 Å². The van der Waals surface area contributed by atoms with Crippen LogP contribution in [0.5, 0.6) is 11.5 Å². The normalized spacial score (nSPS) is 13.5. The molecule has 2 N–H and O–H groups in total. The van der Waals surface area contributed by atoms with Gasteiger partial charge in [-0.2, -0.15) is 0 Å². The average Bonchev–Trinajstić information content (AvgIpc) is 3.36. The lowest BCUT2D eigenvalue weighted by Gasteiger charge is -2.13. The predicted octanol–water partition coefficient (Wildman–Crippen LogP) is 3.78. The minimum atomic E-state index is -0.788. The molecule has 0 radical (unpaired) electrons. The van der Waals surface area contributed by atoms with Gasteiger partial charge in [-0.3, -0.25) is 5.32 Å². The second kappa shape index (κ2) is 6.20. The van der Waals surface area contributed by atoms with Crippen LogP contribution in [-0.2, 0) is 0 Å². The largest absolute Gasteiger partial charge is 0.451 e. The molecule has 2 amide bonds. The number of rotatable bonds is 4. The Balaban J connectivity index is 1.95. The van der Waals surface area contributed by atoms with Gasteiger partial charge in [0.25, 0.3) is 0 Å². The second-order valence-electron chi connectivity index (χ2n) is 5.24. The highest BCUT2D eigenvalue weighted by Gasteiger charge is 2.28. The van der Waals surface area contributed by atoms with Crippen molar-refractivity contribution in [2.45, 2.75) is 18.8 Å². The van der Waals surface area contributed by atoms with E-state index in [-0.39, 0.29) is 17.5 Å². The fourth-order valence-corrected chi connectivity index (χ4v) is 2.17. The van der Waals surface area contributed by atoms with Crippen molar-refractivity contribution in [2.24, 2.45) is 0 Å². The molecule has 1 saturated carbocycles. The lowest BCUT2D eigenvalue weighted by molar-refractivity contribution is 0.254. The molecule has 5 nitrogen and oxygen atoms in total. The van der Waals surface area contributed by atoms with E-state index in [0.29, 0.717) is 0 Å². The summed E-state index contributed by atoms with van der Waals surface area (Å²) >= 11 is 0. The van der Waals surface area contributed by atoms with E-state index in [1.54, 1.807) is 6.20 Å². The van der Waals surface area contributed by atoms with E-state index in [0.717, 1.165) is 30.5 Å². The summed E-state index contributed by atoms with van der Waals surface area (Å²) in [6, 6.07) is 4.54. The van der Waals surface area contributed by atoms with E-state index >= 15 is 0 Å². The van der Waals surface area contributed by atoms with Crippen LogP contribution in [0.3, 0.4) is 0 Å². The SMILES string of the molecule is CNC(=O)Nc1cc(Oc2c(F)cccc2F)c(C2CC2)cn1. The van der Waals surface area contributed by atoms with E-state index in [9.17, 15) is 13.6 Å². The molecule has 1 aliphatic rings. The zero-order valence-electron chi connectivity index (χ0n) is 12.4. The number of halogens is 2. The number of urea groups is 1. The van der Waals surface area contributed by atoms with Crippen LogP contribution in [0.1, 0.15) is 24.3 Å². The fourth-order valence-electron chi connectivity index (χ4n) is 2.17. The number of aromatic nitrogens is 1. The van der Waals surface area contributed by atoms with E-state index in [1.165, 1.54) is 19.2 Å². The summed E-state index contributed by atoms with van der Waals surface area (Å²) in [4.78, 5) is 15.5. The van der Waals surface area contributed by atoms with Crippen molar-refractivity contribution < 1.29 is 18.3 Å². The van der Waals surface area contributed by atoms with Crippen LogP contribution in [0.2, 0.25) is 0 Å². The lowest BCUT2D eigenvalue weighted by atomic mass is 10.1. The van der Waals surface area contributed by atoms with E-state index in [4.69, 9.17) is 4.74 Å². The first-order valence-corrected chi connectivity index (χ1v) is 7.19. The maximum absolute atomic E-state index is 13.8. The van der Waals surface area contributed by atoms with E-state index < -0.39 is 23.4 Å². The molecular weight excluding hydrogens is 304 g/mol. The van der Waals surface area contributed by atoms with Crippen LogP contribution in [0.15, 0.2) is 30.5 Å². The van der Waals surface area contributed by atoms with Crippen LogP contribution in [0.25, 0.3) is 0 Å². The molecule has 1 heterocycles. The third-order valence-corrected chi connectivity index (χ3v) is 3.51. The Hall–Kier alpha value is -2.70. The Morgan fingerprint density at radius 2 is 2.00 bits per heavy atom. The molecule has 2 aromatic rings. The van der Waals surface area contributed by atoms with Crippen LogP contribution >= 0.6 is 0 Å². The number of carbonyl (C=O) groups excluding carboxylic acids is 1. The number of carbonyl (C=O) groups is 1. The van der Waals surface area contributed by atoms with Crippen molar-refractivity contribution in [3.05, 3.63) is 47.7 Å². The molecule has 7 heteroatoms. The molecule has 1 aromatic carbocycles. The van der Waals surface area contributed by atoms with Crippen molar-refractivity contribution in [3.63, 3.8) is 0 Å².